The van der Waals surface area contributed by atoms with Gasteiger partial charge < -0.3 is 9.64 Å². The van der Waals surface area contributed by atoms with Crippen LogP contribution in [0, 0.1) is 0 Å². The van der Waals surface area contributed by atoms with Gasteiger partial charge >= 0.3 is 0 Å². The minimum Gasteiger partial charge on any atom is -0.474 e. The lowest BCUT2D eigenvalue weighted by Crippen LogP contribution is -2.28. The number of halogens is 1. The highest BCUT2D eigenvalue weighted by Gasteiger charge is 2.04. The molecule has 0 N–H and O–H groups in total. The number of ether oxygens (including phenoxy) is 1. The van der Waals surface area contributed by atoms with Crippen LogP contribution in [0.3, 0.4) is 0 Å². The average molecular weight is 230 g/mol. The minimum atomic E-state index is 0.317. The fraction of sp³-hybridized carbons (Fsp3) is 0.600. The number of hydrogen-bond donors (Lipinski definition) is 0. The van der Waals surface area contributed by atoms with Gasteiger partial charge in [0.2, 0.25) is 0 Å². The first-order chi connectivity index (χ1) is 7.27. The van der Waals surface area contributed by atoms with Gasteiger partial charge in [0, 0.05) is 18.9 Å². The molecule has 0 saturated carbocycles. The third-order valence-corrected chi connectivity index (χ3v) is 2.42. The number of rotatable bonds is 6. The molecule has 1 heterocycles. The molecule has 0 spiro atoms. The van der Waals surface area contributed by atoms with Crippen LogP contribution in [-0.4, -0.2) is 41.1 Å². The van der Waals surface area contributed by atoms with Gasteiger partial charge in [-0.25, -0.2) is 9.97 Å². The van der Waals surface area contributed by atoms with E-state index in [0.717, 1.165) is 19.6 Å². The Balaban J connectivity index is 2.34. The molecule has 0 atom stereocenters. The van der Waals surface area contributed by atoms with Crippen LogP contribution in [0.4, 0.5) is 0 Å². The lowest BCUT2D eigenvalue weighted by atomic mass is 10.5. The summed E-state index contributed by atoms with van der Waals surface area (Å²) >= 11 is 5.80. The van der Waals surface area contributed by atoms with Crippen molar-refractivity contribution in [1.29, 1.82) is 0 Å². The first-order valence-electron chi connectivity index (χ1n) is 5.09. The molecule has 0 bridgehead atoms. The summed E-state index contributed by atoms with van der Waals surface area (Å²) in [4.78, 5) is 10.1. The molecule has 0 aromatic carbocycles. The van der Waals surface area contributed by atoms with Crippen LogP contribution in [0.1, 0.15) is 13.8 Å². The highest BCUT2D eigenvalue weighted by Crippen LogP contribution is 2.16. The van der Waals surface area contributed by atoms with E-state index in [4.69, 9.17) is 16.3 Å². The first kappa shape index (κ1) is 12.2. The van der Waals surface area contributed by atoms with Crippen LogP contribution in [0.15, 0.2) is 12.4 Å². The summed E-state index contributed by atoms with van der Waals surface area (Å²) in [6, 6.07) is 0. The predicted octanol–water partition coefficient (Wildman–Crippen LogP) is 1.85. The molecule has 0 radical (unpaired) electrons. The highest BCUT2D eigenvalue weighted by molar-refractivity contribution is 6.30. The maximum Gasteiger partial charge on any atom is 0.252 e. The predicted molar refractivity (Wildman–Crippen MR) is 60.3 cm³/mol. The molecule has 1 aromatic rings. The zero-order valence-electron chi connectivity index (χ0n) is 9.11. The van der Waals surface area contributed by atoms with Crippen LogP contribution in [0.25, 0.3) is 0 Å². The van der Waals surface area contributed by atoms with Crippen LogP contribution in [0.5, 0.6) is 5.88 Å². The average Bonchev–Trinajstić information content (AvgIpc) is 2.27. The summed E-state index contributed by atoms with van der Waals surface area (Å²) in [6.45, 7) is 7.75. The van der Waals surface area contributed by atoms with Gasteiger partial charge in [0.05, 0.1) is 0 Å². The van der Waals surface area contributed by atoms with Crippen molar-refractivity contribution in [3.8, 4) is 5.88 Å². The van der Waals surface area contributed by atoms with E-state index in [-0.39, 0.29) is 0 Å². The second-order valence-electron chi connectivity index (χ2n) is 3.03. The molecular formula is C10H16ClN3O. The van der Waals surface area contributed by atoms with Crippen LogP contribution < -0.4 is 4.74 Å². The Morgan fingerprint density at radius 2 is 1.93 bits per heavy atom. The maximum atomic E-state index is 5.80. The molecule has 0 fully saturated rings. The summed E-state index contributed by atoms with van der Waals surface area (Å²) < 4.78 is 5.42. The van der Waals surface area contributed by atoms with Gasteiger partial charge in [-0.2, -0.15) is 0 Å². The molecule has 0 amide bonds. The van der Waals surface area contributed by atoms with Gasteiger partial charge in [-0.05, 0) is 13.1 Å². The SMILES string of the molecule is CCN(CC)CCOc1nccnc1Cl. The lowest BCUT2D eigenvalue weighted by molar-refractivity contribution is 0.217. The summed E-state index contributed by atoms with van der Waals surface area (Å²) in [6.07, 6.45) is 3.11. The smallest absolute Gasteiger partial charge is 0.252 e. The third-order valence-electron chi connectivity index (χ3n) is 2.16. The molecule has 1 rings (SSSR count). The molecule has 0 aliphatic carbocycles. The van der Waals surface area contributed by atoms with Crippen molar-refractivity contribution in [3.63, 3.8) is 0 Å². The van der Waals surface area contributed by atoms with E-state index in [2.05, 4.69) is 28.7 Å². The molecule has 0 aliphatic rings. The van der Waals surface area contributed by atoms with E-state index < -0.39 is 0 Å². The van der Waals surface area contributed by atoms with E-state index in [1.54, 1.807) is 12.4 Å². The summed E-state index contributed by atoms with van der Waals surface area (Å²) in [5.41, 5.74) is 0. The van der Waals surface area contributed by atoms with Crippen LogP contribution in [0.2, 0.25) is 5.15 Å². The van der Waals surface area contributed by atoms with Crippen molar-refractivity contribution in [2.75, 3.05) is 26.2 Å². The number of nitrogens with zero attached hydrogens (tertiary/aromatic N) is 3. The van der Waals surface area contributed by atoms with E-state index in [0.29, 0.717) is 17.6 Å². The Kier molecular flexibility index (Phi) is 5.36. The molecular weight excluding hydrogens is 214 g/mol. The van der Waals surface area contributed by atoms with Crippen molar-refractivity contribution >= 4 is 11.6 Å². The molecule has 0 saturated heterocycles. The number of hydrogen-bond acceptors (Lipinski definition) is 4. The van der Waals surface area contributed by atoms with E-state index in [1.165, 1.54) is 0 Å². The molecule has 15 heavy (non-hydrogen) atoms. The normalized spacial score (nSPS) is 10.7. The Morgan fingerprint density at radius 3 is 2.53 bits per heavy atom. The van der Waals surface area contributed by atoms with Gasteiger partial charge in [-0.15, -0.1) is 0 Å². The van der Waals surface area contributed by atoms with E-state index in [1.807, 2.05) is 0 Å². The van der Waals surface area contributed by atoms with E-state index >= 15 is 0 Å². The van der Waals surface area contributed by atoms with Crippen LogP contribution in [-0.2, 0) is 0 Å². The maximum absolute atomic E-state index is 5.80. The number of aromatic nitrogens is 2. The molecule has 84 valence electrons. The Bertz CT molecular complexity index is 292. The summed E-state index contributed by atoms with van der Waals surface area (Å²) in [5.74, 6) is 0.409. The van der Waals surface area contributed by atoms with Gasteiger partial charge in [-0.3, -0.25) is 0 Å². The van der Waals surface area contributed by atoms with Gasteiger partial charge in [0.25, 0.3) is 5.88 Å². The lowest BCUT2D eigenvalue weighted by Gasteiger charge is -2.17. The van der Waals surface area contributed by atoms with Crippen molar-refractivity contribution in [3.05, 3.63) is 17.5 Å². The largest absolute Gasteiger partial charge is 0.474 e. The molecule has 5 heteroatoms. The van der Waals surface area contributed by atoms with Crippen LogP contribution >= 0.6 is 11.6 Å². The first-order valence-corrected chi connectivity index (χ1v) is 5.47. The van der Waals surface area contributed by atoms with E-state index in [9.17, 15) is 0 Å². The van der Waals surface area contributed by atoms with Crippen molar-refractivity contribution in [2.24, 2.45) is 0 Å². The molecule has 4 nitrogen and oxygen atoms in total. The van der Waals surface area contributed by atoms with Gasteiger partial charge in [-0.1, -0.05) is 25.4 Å². The highest BCUT2D eigenvalue weighted by atomic mass is 35.5. The topological polar surface area (TPSA) is 38.2 Å². The standard InChI is InChI=1S/C10H16ClN3O/c1-3-14(4-2)7-8-15-10-9(11)12-5-6-13-10/h5-6H,3-4,7-8H2,1-2H3. The fourth-order valence-corrected chi connectivity index (χ4v) is 1.38. The van der Waals surface area contributed by atoms with Crippen molar-refractivity contribution < 1.29 is 4.74 Å². The Morgan fingerprint density at radius 1 is 1.27 bits per heavy atom. The van der Waals surface area contributed by atoms with Crippen molar-refractivity contribution in [1.82, 2.24) is 14.9 Å². The van der Waals surface area contributed by atoms with Crippen molar-refractivity contribution in [2.45, 2.75) is 13.8 Å². The van der Waals surface area contributed by atoms with Gasteiger partial charge in [0.15, 0.2) is 5.15 Å². The second kappa shape index (κ2) is 6.58. The molecule has 1 aromatic heterocycles. The zero-order chi connectivity index (χ0) is 11.1. The quantitative estimate of drug-likeness (QED) is 0.746. The monoisotopic (exact) mass is 229 g/mol. The Labute approximate surface area is 95.2 Å². The second-order valence-corrected chi connectivity index (χ2v) is 3.39. The summed E-state index contributed by atoms with van der Waals surface area (Å²) in [7, 11) is 0. The molecule has 0 unspecified atom stereocenters. The fourth-order valence-electron chi connectivity index (χ4n) is 1.22. The van der Waals surface area contributed by atoms with Gasteiger partial charge in [0.1, 0.15) is 6.61 Å². The number of likely N-dealkylation sites (N-methyl/N-ethyl adjacent to an activating group) is 1. The Hall–Kier alpha value is -0.870. The minimum absolute atomic E-state index is 0.317. The third kappa shape index (κ3) is 4.01. The summed E-state index contributed by atoms with van der Waals surface area (Å²) in [5, 5.41) is 0.317. The molecule has 0 aliphatic heterocycles. The zero-order valence-corrected chi connectivity index (χ0v) is 9.87.